The Kier molecular flexibility index (Phi) is 3.89. The molecular weight excluding hydrogens is 262 g/mol. The van der Waals surface area contributed by atoms with Crippen LogP contribution in [0.1, 0.15) is 21.6 Å². The van der Waals surface area contributed by atoms with Crippen LogP contribution in [0.5, 0.6) is 0 Å². The number of nitrogens with one attached hydrogen (secondary N) is 1. The molecule has 2 rings (SSSR count). The number of amides is 1. The van der Waals surface area contributed by atoms with Gasteiger partial charge in [-0.25, -0.2) is 4.98 Å². The van der Waals surface area contributed by atoms with Gasteiger partial charge in [0.2, 0.25) is 0 Å². The molecule has 1 amide bonds. The number of rotatable bonds is 4. The van der Waals surface area contributed by atoms with Gasteiger partial charge >= 0.3 is 5.97 Å². The molecule has 0 radical (unpaired) electrons. The second-order valence-corrected chi connectivity index (χ2v) is 4.90. The van der Waals surface area contributed by atoms with E-state index in [4.69, 9.17) is 15.6 Å². The van der Waals surface area contributed by atoms with Crippen molar-refractivity contribution in [2.45, 2.75) is 19.9 Å². The molecule has 0 spiro atoms. The molecule has 1 aromatic heterocycles. The number of carbonyl (C=O) groups excluding carboxylic acids is 1. The summed E-state index contributed by atoms with van der Waals surface area (Å²) in [6.45, 7) is 3.95. The van der Waals surface area contributed by atoms with Crippen LogP contribution >= 0.6 is 0 Å². The van der Waals surface area contributed by atoms with Crippen molar-refractivity contribution in [2.24, 2.45) is 11.7 Å². The topological polar surface area (TPSA) is 115 Å². The van der Waals surface area contributed by atoms with Crippen LogP contribution in [-0.2, 0) is 9.53 Å². The van der Waals surface area contributed by atoms with Gasteiger partial charge in [-0.2, -0.15) is 0 Å². The summed E-state index contributed by atoms with van der Waals surface area (Å²) in [4.78, 5) is 26.9. The first-order valence-corrected chi connectivity index (χ1v) is 6.25. The maximum absolute atomic E-state index is 11.5. The Bertz CT molecular complexity index is 559. The third-order valence-corrected chi connectivity index (χ3v) is 3.31. The number of carbonyl (C=O) groups is 2. The Morgan fingerprint density at radius 2 is 2.15 bits per heavy atom. The number of ether oxygens (including phenoxy) is 1. The minimum Gasteiger partial charge on any atom is -0.481 e. The van der Waals surface area contributed by atoms with Crippen LogP contribution in [-0.4, -0.2) is 41.2 Å². The molecule has 2 unspecified atom stereocenters. The lowest BCUT2D eigenvalue weighted by molar-refractivity contribution is -0.141. The van der Waals surface area contributed by atoms with Crippen molar-refractivity contribution in [3.8, 4) is 0 Å². The highest BCUT2D eigenvalue weighted by Gasteiger charge is 2.35. The number of carboxylic acids is 1. The van der Waals surface area contributed by atoms with Gasteiger partial charge in [0.05, 0.1) is 24.8 Å². The van der Waals surface area contributed by atoms with Gasteiger partial charge in [0.25, 0.3) is 5.91 Å². The largest absolute Gasteiger partial charge is 0.481 e. The molecule has 0 aliphatic carbocycles. The smallest absolute Gasteiger partial charge is 0.311 e. The van der Waals surface area contributed by atoms with Crippen LogP contribution < -0.4 is 11.1 Å². The van der Waals surface area contributed by atoms with Gasteiger partial charge in [-0.3, -0.25) is 9.59 Å². The van der Waals surface area contributed by atoms with Crippen LogP contribution in [0.4, 0.5) is 5.82 Å². The number of carboxylic acid groups (broad SMARTS) is 1. The van der Waals surface area contributed by atoms with Gasteiger partial charge in [0.15, 0.2) is 0 Å². The van der Waals surface area contributed by atoms with Crippen molar-refractivity contribution >= 4 is 17.7 Å². The summed E-state index contributed by atoms with van der Waals surface area (Å²) in [7, 11) is 0. The zero-order valence-corrected chi connectivity index (χ0v) is 11.3. The molecule has 4 N–H and O–H groups in total. The molecule has 7 heteroatoms. The number of primary amides is 1. The van der Waals surface area contributed by atoms with Crippen LogP contribution in [0.15, 0.2) is 6.07 Å². The highest BCUT2D eigenvalue weighted by Crippen LogP contribution is 2.23. The Morgan fingerprint density at radius 1 is 1.45 bits per heavy atom. The van der Waals surface area contributed by atoms with Crippen LogP contribution in [0, 0.1) is 19.8 Å². The average Bonchev–Trinajstić information content (AvgIpc) is 2.75. The number of nitrogens with zero attached hydrogens (tertiary/aromatic N) is 1. The quantitative estimate of drug-likeness (QED) is 0.730. The van der Waals surface area contributed by atoms with Crippen molar-refractivity contribution in [1.82, 2.24) is 4.98 Å². The van der Waals surface area contributed by atoms with E-state index >= 15 is 0 Å². The Balaban J connectivity index is 2.33. The number of nitrogens with two attached hydrogens (primary N) is 1. The maximum Gasteiger partial charge on any atom is 0.311 e. The molecule has 1 aliphatic rings. The third kappa shape index (κ3) is 2.72. The number of aromatic nitrogens is 1. The Hall–Kier alpha value is -2.15. The summed E-state index contributed by atoms with van der Waals surface area (Å²) in [6, 6.07) is 1.32. The van der Waals surface area contributed by atoms with E-state index in [1.54, 1.807) is 19.9 Å². The van der Waals surface area contributed by atoms with E-state index in [2.05, 4.69) is 10.3 Å². The van der Waals surface area contributed by atoms with Crippen LogP contribution in [0.3, 0.4) is 0 Å². The zero-order valence-electron chi connectivity index (χ0n) is 11.3. The Morgan fingerprint density at radius 3 is 2.75 bits per heavy atom. The highest BCUT2D eigenvalue weighted by molar-refractivity contribution is 5.99. The minimum atomic E-state index is -0.940. The molecule has 7 nitrogen and oxygen atoms in total. The summed E-state index contributed by atoms with van der Waals surface area (Å²) in [5.74, 6) is -1.89. The zero-order chi connectivity index (χ0) is 14.9. The standard InChI is InChI=1S/C13H17N3O4/c1-6-3-7(2)15-12(10(6)11(14)17)16-9-5-20-4-8(9)13(18)19/h3,8-9H,4-5H2,1-2H3,(H2,14,17)(H,15,16)(H,18,19). The summed E-state index contributed by atoms with van der Waals surface area (Å²) in [6.07, 6.45) is 0. The third-order valence-electron chi connectivity index (χ3n) is 3.31. The lowest BCUT2D eigenvalue weighted by atomic mass is 10.0. The number of aliphatic carboxylic acids is 1. The van der Waals surface area contributed by atoms with Crippen molar-refractivity contribution in [2.75, 3.05) is 18.5 Å². The SMILES string of the molecule is Cc1cc(C)c(C(N)=O)c(NC2COCC2C(=O)O)n1. The van der Waals surface area contributed by atoms with Crippen molar-refractivity contribution < 1.29 is 19.4 Å². The molecular formula is C13H17N3O4. The van der Waals surface area contributed by atoms with E-state index in [0.717, 1.165) is 5.69 Å². The molecule has 0 aromatic carbocycles. The number of pyridine rings is 1. The molecule has 0 bridgehead atoms. The minimum absolute atomic E-state index is 0.143. The first-order chi connectivity index (χ1) is 9.40. The lowest BCUT2D eigenvalue weighted by Crippen LogP contribution is -2.34. The van der Waals surface area contributed by atoms with Crippen molar-refractivity contribution in [1.29, 1.82) is 0 Å². The van der Waals surface area contributed by atoms with Crippen LogP contribution in [0.25, 0.3) is 0 Å². The fourth-order valence-corrected chi connectivity index (χ4v) is 2.37. The van der Waals surface area contributed by atoms with E-state index < -0.39 is 23.8 Å². The predicted octanol–water partition coefficient (Wildman–Crippen LogP) is 0.309. The molecule has 1 saturated heterocycles. The molecule has 2 atom stereocenters. The number of hydrogen-bond acceptors (Lipinski definition) is 5. The Labute approximate surface area is 116 Å². The first-order valence-electron chi connectivity index (χ1n) is 6.25. The van der Waals surface area contributed by atoms with E-state index in [-0.39, 0.29) is 18.8 Å². The van der Waals surface area contributed by atoms with E-state index in [1.807, 2.05) is 0 Å². The lowest BCUT2D eigenvalue weighted by Gasteiger charge is -2.19. The molecule has 20 heavy (non-hydrogen) atoms. The van der Waals surface area contributed by atoms with Crippen molar-refractivity contribution in [3.63, 3.8) is 0 Å². The first kappa shape index (κ1) is 14.3. The van der Waals surface area contributed by atoms with Gasteiger partial charge < -0.3 is 20.9 Å². The number of hydrogen-bond donors (Lipinski definition) is 3. The summed E-state index contributed by atoms with van der Waals surface area (Å²) in [5.41, 5.74) is 7.08. The average molecular weight is 279 g/mol. The second kappa shape index (κ2) is 5.46. The van der Waals surface area contributed by atoms with E-state index in [1.165, 1.54) is 0 Å². The molecule has 0 saturated carbocycles. The predicted molar refractivity (Wildman–Crippen MR) is 71.6 cm³/mol. The summed E-state index contributed by atoms with van der Waals surface area (Å²) >= 11 is 0. The molecule has 108 valence electrons. The second-order valence-electron chi connectivity index (χ2n) is 4.90. The normalized spacial score (nSPS) is 21.7. The van der Waals surface area contributed by atoms with Gasteiger partial charge in [0, 0.05) is 5.69 Å². The monoisotopic (exact) mass is 279 g/mol. The molecule has 1 fully saturated rings. The van der Waals surface area contributed by atoms with Gasteiger partial charge in [-0.1, -0.05) is 0 Å². The maximum atomic E-state index is 11.5. The number of anilines is 1. The molecule has 1 aliphatic heterocycles. The fourth-order valence-electron chi connectivity index (χ4n) is 2.37. The van der Waals surface area contributed by atoms with Gasteiger partial charge in [0.1, 0.15) is 11.7 Å². The fraction of sp³-hybridized carbons (Fsp3) is 0.462. The highest BCUT2D eigenvalue weighted by atomic mass is 16.5. The van der Waals surface area contributed by atoms with E-state index in [9.17, 15) is 9.59 Å². The molecule has 2 heterocycles. The van der Waals surface area contributed by atoms with E-state index in [0.29, 0.717) is 11.4 Å². The number of aryl methyl sites for hydroxylation is 2. The molecule has 1 aromatic rings. The summed E-state index contributed by atoms with van der Waals surface area (Å²) in [5, 5.41) is 12.1. The van der Waals surface area contributed by atoms with Gasteiger partial charge in [-0.05, 0) is 25.5 Å². The van der Waals surface area contributed by atoms with Crippen molar-refractivity contribution in [3.05, 3.63) is 22.9 Å². The summed E-state index contributed by atoms with van der Waals surface area (Å²) < 4.78 is 5.18. The van der Waals surface area contributed by atoms with Gasteiger partial charge in [-0.15, -0.1) is 0 Å². The van der Waals surface area contributed by atoms with Crippen LogP contribution in [0.2, 0.25) is 0 Å².